The quantitative estimate of drug-likeness (QED) is 0.645. The molecular formula is C15H22ClN3O2. The largest absolute Gasteiger partial charge is 0.366 e. The minimum atomic E-state index is -0.372. The lowest BCUT2D eigenvalue weighted by molar-refractivity contribution is -0.384. The Morgan fingerprint density at radius 2 is 2.14 bits per heavy atom. The molecule has 1 aromatic rings. The van der Waals surface area contributed by atoms with Crippen LogP contribution in [0.5, 0.6) is 0 Å². The molecule has 0 aliphatic carbocycles. The van der Waals surface area contributed by atoms with Crippen molar-refractivity contribution in [2.75, 3.05) is 31.1 Å². The number of benzene rings is 1. The van der Waals surface area contributed by atoms with Gasteiger partial charge < -0.3 is 10.2 Å². The van der Waals surface area contributed by atoms with Crippen molar-refractivity contribution in [2.45, 2.75) is 26.2 Å². The van der Waals surface area contributed by atoms with Crippen molar-refractivity contribution < 1.29 is 4.92 Å². The normalized spacial score (nSPS) is 15.9. The molecule has 1 N–H and O–H groups in total. The second kappa shape index (κ2) is 7.61. The molecule has 0 saturated carbocycles. The molecule has 0 amide bonds. The number of hydrogen-bond acceptors (Lipinski definition) is 4. The van der Waals surface area contributed by atoms with E-state index in [0.717, 1.165) is 45.4 Å². The van der Waals surface area contributed by atoms with Crippen LogP contribution in [0.2, 0.25) is 5.02 Å². The van der Waals surface area contributed by atoms with Crippen LogP contribution in [0, 0.1) is 16.0 Å². The van der Waals surface area contributed by atoms with Crippen LogP contribution in [0.25, 0.3) is 0 Å². The topological polar surface area (TPSA) is 58.4 Å². The third-order valence-corrected chi connectivity index (χ3v) is 4.22. The van der Waals surface area contributed by atoms with Crippen LogP contribution in [0.4, 0.5) is 11.4 Å². The van der Waals surface area contributed by atoms with Crippen molar-refractivity contribution >= 4 is 23.0 Å². The standard InChI is InChI=1S/C15H22ClN3O2/c1-2-10-18(11-12-6-8-17-9-7-12)14-5-3-4-13(16)15(14)19(20)21/h3-5,12,17H,2,6-11H2,1H3. The van der Waals surface area contributed by atoms with Crippen molar-refractivity contribution in [3.8, 4) is 0 Å². The molecule has 1 aromatic carbocycles. The highest BCUT2D eigenvalue weighted by molar-refractivity contribution is 6.33. The van der Waals surface area contributed by atoms with Gasteiger partial charge in [-0.2, -0.15) is 0 Å². The molecule has 0 bridgehead atoms. The van der Waals surface area contributed by atoms with Gasteiger partial charge in [0.15, 0.2) is 0 Å². The fourth-order valence-electron chi connectivity index (χ4n) is 2.90. The summed E-state index contributed by atoms with van der Waals surface area (Å²) < 4.78 is 0. The molecule has 21 heavy (non-hydrogen) atoms. The number of halogens is 1. The Kier molecular flexibility index (Phi) is 5.82. The van der Waals surface area contributed by atoms with Crippen molar-refractivity contribution in [3.63, 3.8) is 0 Å². The summed E-state index contributed by atoms with van der Waals surface area (Å²) in [5.74, 6) is 0.580. The molecular weight excluding hydrogens is 290 g/mol. The summed E-state index contributed by atoms with van der Waals surface area (Å²) in [4.78, 5) is 13.1. The second-order valence-electron chi connectivity index (χ2n) is 5.50. The Hall–Kier alpha value is -1.33. The number of nitrogens with zero attached hydrogens (tertiary/aromatic N) is 2. The highest BCUT2D eigenvalue weighted by Crippen LogP contribution is 2.35. The van der Waals surface area contributed by atoms with Crippen LogP contribution in [0.1, 0.15) is 26.2 Å². The van der Waals surface area contributed by atoms with Crippen LogP contribution in [-0.4, -0.2) is 31.1 Å². The van der Waals surface area contributed by atoms with E-state index < -0.39 is 0 Å². The van der Waals surface area contributed by atoms with E-state index in [1.165, 1.54) is 0 Å². The second-order valence-corrected chi connectivity index (χ2v) is 5.91. The van der Waals surface area contributed by atoms with Crippen molar-refractivity contribution in [2.24, 2.45) is 5.92 Å². The Morgan fingerprint density at radius 1 is 1.43 bits per heavy atom. The van der Waals surface area contributed by atoms with Gasteiger partial charge in [0, 0.05) is 13.1 Å². The number of nitrogens with one attached hydrogen (secondary N) is 1. The van der Waals surface area contributed by atoms with Crippen LogP contribution in [0.15, 0.2) is 18.2 Å². The van der Waals surface area contributed by atoms with Crippen LogP contribution >= 0.6 is 11.6 Å². The van der Waals surface area contributed by atoms with Gasteiger partial charge >= 0.3 is 5.69 Å². The zero-order chi connectivity index (χ0) is 15.2. The maximum Gasteiger partial charge on any atom is 0.310 e. The lowest BCUT2D eigenvalue weighted by atomic mass is 9.97. The number of nitro benzene ring substituents is 1. The highest BCUT2D eigenvalue weighted by atomic mass is 35.5. The first-order valence-electron chi connectivity index (χ1n) is 7.52. The number of anilines is 1. The molecule has 1 aliphatic rings. The Balaban J connectivity index is 2.24. The molecule has 1 fully saturated rings. The van der Waals surface area contributed by atoms with Gasteiger partial charge in [0.2, 0.25) is 0 Å². The fraction of sp³-hybridized carbons (Fsp3) is 0.600. The number of para-hydroxylation sites is 1. The van der Waals surface area contributed by atoms with E-state index in [1.807, 2.05) is 0 Å². The van der Waals surface area contributed by atoms with E-state index in [2.05, 4.69) is 17.1 Å². The molecule has 0 aromatic heterocycles. The lowest BCUT2D eigenvalue weighted by Crippen LogP contribution is -2.36. The predicted octanol–water partition coefficient (Wildman–Crippen LogP) is 3.46. The molecule has 0 unspecified atom stereocenters. The molecule has 2 rings (SSSR count). The van der Waals surface area contributed by atoms with Crippen molar-refractivity contribution in [1.29, 1.82) is 0 Å². The fourth-order valence-corrected chi connectivity index (χ4v) is 3.13. The third-order valence-electron chi connectivity index (χ3n) is 3.92. The van der Waals surface area contributed by atoms with Crippen molar-refractivity contribution in [3.05, 3.63) is 33.3 Å². The Morgan fingerprint density at radius 3 is 2.76 bits per heavy atom. The summed E-state index contributed by atoms with van der Waals surface area (Å²) in [7, 11) is 0. The van der Waals surface area contributed by atoms with Crippen molar-refractivity contribution in [1.82, 2.24) is 5.32 Å². The zero-order valence-electron chi connectivity index (χ0n) is 12.3. The molecule has 1 aliphatic heterocycles. The van der Waals surface area contributed by atoms with Gasteiger partial charge in [0.1, 0.15) is 10.7 Å². The molecule has 0 radical (unpaired) electrons. The third kappa shape index (κ3) is 4.08. The SMILES string of the molecule is CCCN(CC1CCNCC1)c1cccc(Cl)c1[N+](=O)[O-]. The average molecular weight is 312 g/mol. The van der Waals surface area contributed by atoms with E-state index in [-0.39, 0.29) is 15.6 Å². The predicted molar refractivity (Wildman–Crippen MR) is 86.2 cm³/mol. The molecule has 6 heteroatoms. The average Bonchev–Trinajstić information content (AvgIpc) is 2.47. The Bertz CT molecular complexity index is 490. The van der Waals surface area contributed by atoms with E-state index >= 15 is 0 Å². The van der Waals surface area contributed by atoms with Gasteiger partial charge in [0.25, 0.3) is 0 Å². The molecule has 5 nitrogen and oxygen atoms in total. The van der Waals surface area contributed by atoms with Gasteiger partial charge in [-0.25, -0.2) is 0 Å². The summed E-state index contributed by atoms with van der Waals surface area (Å²) in [5, 5.41) is 14.9. The monoisotopic (exact) mass is 311 g/mol. The summed E-state index contributed by atoms with van der Waals surface area (Å²) in [6, 6.07) is 5.17. The van der Waals surface area contributed by atoms with E-state index in [4.69, 9.17) is 11.6 Å². The highest BCUT2D eigenvalue weighted by Gasteiger charge is 2.25. The van der Waals surface area contributed by atoms with Gasteiger partial charge in [-0.1, -0.05) is 24.6 Å². The van der Waals surface area contributed by atoms with E-state index in [1.54, 1.807) is 18.2 Å². The smallest absolute Gasteiger partial charge is 0.310 e. The Labute approximate surface area is 130 Å². The van der Waals surface area contributed by atoms with Gasteiger partial charge in [-0.3, -0.25) is 10.1 Å². The van der Waals surface area contributed by atoms with Crippen LogP contribution in [-0.2, 0) is 0 Å². The van der Waals surface area contributed by atoms with Gasteiger partial charge in [-0.15, -0.1) is 0 Å². The first-order chi connectivity index (χ1) is 10.1. The molecule has 0 atom stereocenters. The van der Waals surface area contributed by atoms with E-state index in [9.17, 15) is 10.1 Å². The van der Waals surface area contributed by atoms with Crippen LogP contribution < -0.4 is 10.2 Å². The number of hydrogen-bond donors (Lipinski definition) is 1. The number of rotatable bonds is 6. The zero-order valence-corrected chi connectivity index (χ0v) is 13.1. The summed E-state index contributed by atoms with van der Waals surface area (Å²) in [5.41, 5.74) is 0.675. The molecule has 116 valence electrons. The number of piperidine rings is 1. The minimum absolute atomic E-state index is 0.0292. The maximum atomic E-state index is 11.3. The van der Waals surface area contributed by atoms with E-state index in [0.29, 0.717) is 11.6 Å². The molecule has 1 saturated heterocycles. The first-order valence-corrected chi connectivity index (χ1v) is 7.89. The summed E-state index contributed by atoms with van der Waals surface area (Å²) in [6.07, 6.45) is 3.19. The minimum Gasteiger partial charge on any atom is -0.366 e. The van der Waals surface area contributed by atoms with Gasteiger partial charge in [-0.05, 0) is 50.4 Å². The summed E-state index contributed by atoms with van der Waals surface area (Å²) in [6.45, 7) is 5.82. The maximum absolute atomic E-state index is 11.3. The first kappa shape index (κ1) is 16.0. The molecule has 1 heterocycles. The van der Waals surface area contributed by atoms with Crippen LogP contribution in [0.3, 0.4) is 0 Å². The summed E-state index contributed by atoms with van der Waals surface area (Å²) >= 11 is 6.03. The lowest BCUT2D eigenvalue weighted by Gasteiger charge is -2.31. The van der Waals surface area contributed by atoms with Gasteiger partial charge in [0.05, 0.1) is 4.92 Å². The number of nitro groups is 1. The molecule has 0 spiro atoms.